The Labute approximate surface area is 81.7 Å². The molecule has 2 heteroatoms. The van der Waals surface area contributed by atoms with Gasteiger partial charge in [0.2, 0.25) is 0 Å². The van der Waals surface area contributed by atoms with Gasteiger partial charge in [-0.2, -0.15) is 0 Å². The molecule has 2 N–H and O–H groups in total. The van der Waals surface area contributed by atoms with Crippen LogP contribution in [-0.2, 0) is 0 Å². The second kappa shape index (κ2) is 5.61. The van der Waals surface area contributed by atoms with Crippen molar-refractivity contribution < 1.29 is 5.11 Å². The van der Waals surface area contributed by atoms with Crippen LogP contribution in [-0.4, -0.2) is 23.3 Å². The highest BCUT2D eigenvalue weighted by Crippen LogP contribution is 2.19. The fourth-order valence-electron chi connectivity index (χ4n) is 2.23. The van der Waals surface area contributed by atoms with Crippen LogP contribution in [0.5, 0.6) is 0 Å². The maximum Gasteiger partial charge on any atom is 0.0555 e. The normalized spacial score (nSPS) is 31.6. The highest BCUT2D eigenvalue weighted by Gasteiger charge is 2.20. The van der Waals surface area contributed by atoms with E-state index in [2.05, 4.69) is 19.2 Å². The highest BCUT2D eigenvalue weighted by atomic mass is 16.3. The molecular formula is C11H23NO. The first kappa shape index (κ1) is 11.0. The Hall–Kier alpha value is -0.0800. The van der Waals surface area contributed by atoms with E-state index in [1.54, 1.807) is 0 Å². The zero-order chi connectivity index (χ0) is 9.68. The van der Waals surface area contributed by atoms with Crippen LogP contribution in [0.25, 0.3) is 0 Å². The maximum absolute atomic E-state index is 9.48. The minimum atomic E-state index is -0.0555. The van der Waals surface area contributed by atoms with Crippen molar-refractivity contribution in [1.29, 1.82) is 0 Å². The smallest absolute Gasteiger partial charge is 0.0555 e. The number of aliphatic hydroxyl groups is 1. The summed E-state index contributed by atoms with van der Waals surface area (Å²) in [5.41, 5.74) is 0. The minimum absolute atomic E-state index is 0.0555. The first-order valence-corrected chi connectivity index (χ1v) is 5.66. The van der Waals surface area contributed by atoms with E-state index in [-0.39, 0.29) is 6.10 Å². The molecule has 13 heavy (non-hydrogen) atoms. The van der Waals surface area contributed by atoms with Crippen molar-refractivity contribution in [3.63, 3.8) is 0 Å². The van der Waals surface area contributed by atoms with E-state index in [9.17, 15) is 5.11 Å². The monoisotopic (exact) mass is 185 g/mol. The fraction of sp³-hybridized carbons (Fsp3) is 1.00. The zero-order valence-corrected chi connectivity index (χ0v) is 8.92. The molecule has 0 heterocycles. The highest BCUT2D eigenvalue weighted by molar-refractivity contribution is 4.79. The van der Waals surface area contributed by atoms with E-state index < -0.39 is 0 Å². The van der Waals surface area contributed by atoms with Crippen LogP contribution in [0.15, 0.2) is 0 Å². The third-order valence-corrected chi connectivity index (χ3v) is 2.89. The fourth-order valence-corrected chi connectivity index (χ4v) is 2.23. The van der Waals surface area contributed by atoms with Gasteiger partial charge >= 0.3 is 0 Å². The first-order chi connectivity index (χ1) is 6.22. The number of hydrogen-bond donors (Lipinski definition) is 2. The molecule has 0 radical (unpaired) electrons. The summed E-state index contributed by atoms with van der Waals surface area (Å²) in [6.45, 7) is 4.46. The van der Waals surface area contributed by atoms with Gasteiger partial charge in [-0.05, 0) is 39.0 Å². The van der Waals surface area contributed by atoms with Crippen LogP contribution in [0.2, 0.25) is 0 Å². The van der Waals surface area contributed by atoms with Crippen molar-refractivity contribution >= 4 is 0 Å². The van der Waals surface area contributed by atoms with E-state index in [1.807, 2.05) is 0 Å². The summed E-state index contributed by atoms with van der Waals surface area (Å²) in [5, 5.41) is 13.1. The average Bonchev–Trinajstić information content (AvgIpc) is 2.04. The standard InChI is InChI=1S/C11H23NO/c1-3-5-9(2)12-10-6-4-7-11(13)8-10/h9-13H,3-8H2,1-2H3. The van der Waals surface area contributed by atoms with Crippen molar-refractivity contribution in [1.82, 2.24) is 5.32 Å². The summed E-state index contributed by atoms with van der Waals surface area (Å²) >= 11 is 0. The molecule has 0 spiro atoms. The van der Waals surface area contributed by atoms with Gasteiger partial charge < -0.3 is 10.4 Å². The lowest BCUT2D eigenvalue weighted by Gasteiger charge is -2.29. The van der Waals surface area contributed by atoms with Gasteiger partial charge in [0.25, 0.3) is 0 Å². The van der Waals surface area contributed by atoms with Gasteiger partial charge in [-0.3, -0.25) is 0 Å². The predicted octanol–water partition coefficient (Wildman–Crippen LogP) is 2.07. The minimum Gasteiger partial charge on any atom is -0.393 e. The average molecular weight is 185 g/mol. The van der Waals surface area contributed by atoms with Gasteiger partial charge in [0, 0.05) is 12.1 Å². The van der Waals surface area contributed by atoms with Gasteiger partial charge in [0.1, 0.15) is 0 Å². The van der Waals surface area contributed by atoms with Gasteiger partial charge in [0.05, 0.1) is 6.10 Å². The molecule has 1 aliphatic carbocycles. The molecule has 0 amide bonds. The molecular weight excluding hydrogens is 162 g/mol. The first-order valence-electron chi connectivity index (χ1n) is 5.66. The molecule has 0 aliphatic heterocycles. The van der Waals surface area contributed by atoms with E-state index in [4.69, 9.17) is 0 Å². The molecule has 0 saturated heterocycles. The third kappa shape index (κ3) is 4.10. The summed E-state index contributed by atoms with van der Waals surface area (Å²) in [5.74, 6) is 0. The second-order valence-corrected chi connectivity index (χ2v) is 4.37. The lowest BCUT2D eigenvalue weighted by Crippen LogP contribution is -2.40. The Kier molecular flexibility index (Phi) is 4.74. The molecule has 1 aliphatic rings. The summed E-state index contributed by atoms with van der Waals surface area (Å²) in [6, 6.07) is 1.17. The lowest BCUT2D eigenvalue weighted by molar-refractivity contribution is 0.109. The summed E-state index contributed by atoms with van der Waals surface area (Å²) in [6.07, 6.45) is 6.80. The topological polar surface area (TPSA) is 32.3 Å². The van der Waals surface area contributed by atoms with Crippen LogP contribution < -0.4 is 5.32 Å². The van der Waals surface area contributed by atoms with Crippen molar-refractivity contribution in [2.45, 2.75) is 70.6 Å². The zero-order valence-electron chi connectivity index (χ0n) is 8.92. The molecule has 3 unspecified atom stereocenters. The SMILES string of the molecule is CCCC(C)NC1CCCC(O)C1. The van der Waals surface area contributed by atoms with E-state index in [0.29, 0.717) is 12.1 Å². The summed E-state index contributed by atoms with van der Waals surface area (Å²) < 4.78 is 0. The van der Waals surface area contributed by atoms with Crippen LogP contribution in [0.1, 0.15) is 52.4 Å². The summed E-state index contributed by atoms with van der Waals surface area (Å²) in [4.78, 5) is 0. The number of aliphatic hydroxyl groups excluding tert-OH is 1. The quantitative estimate of drug-likeness (QED) is 0.702. The molecule has 0 bridgehead atoms. The van der Waals surface area contributed by atoms with E-state index >= 15 is 0 Å². The Bertz CT molecular complexity index is 138. The Morgan fingerprint density at radius 1 is 1.46 bits per heavy atom. The molecule has 1 fully saturated rings. The van der Waals surface area contributed by atoms with Crippen molar-refractivity contribution in [3.8, 4) is 0 Å². The Balaban J connectivity index is 2.19. The third-order valence-electron chi connectivity index (χ3n) is 2.89. The van der Waals surface area contributed by atoms with Gasteiger partial charge in [-0.1, -0.05) is 13.3 Å². The number of nitrogens with one attached hydrogen (secondary N) is 1. The Morgan fingerprint density at radius 2 is 2.23 bits per heavy atom. The molecule has 2 nitrogen and oxygen atoms in total. The molecule has 78 valence electrons. The predicted molar refractivity (Wildman–Crippen MR) is 55.8 cm³/mol. The lowest BCUT2D eigenvalue weighted by atomic mass is 9.92. The Morgan fingerprint density at radius 3 is 2.85 bits per heavy atom. The largest absolute Gasteiger partial charge is 0.393 e. The molecule has 3 atom stereocenters. The van der Waals surface area contributed by atoms with Gasteiger partial charge in [-0.25, -0.2) is 0 Å². The van der Waals surface area contributed by atoms with Crippen molar-refractivity contribution in [3.05, 3.63) is 0 Å². The molecule has 1 saturated carbocycles. The molecule has 1 rings (SSSR count). The molecule has 0 aromatic rings. The van der Waals surface area contributed by atoms with Crippen LogP contribution in [0.4, 0.5) is 0 Å². The van der Waals surface area contributed by atoms with Crippen molar-refractivity contribution in [2.24, 2.45) is 0 Å². The van der Waals surface area contributed by atoms with Crippen LogP contribution >= 0.6 is 0 Å². The number of rotatable bonds is 4. The van der Waals surface area contributed by atoms with Crippen LogP contribution in [0.3, 0.4) is 0 Å². The molecule has 0 aromatic heterocycles. The molecule has 0 aromatic carbocycles. The van der Waals surface area contributed by atoms with E-state index in [1.165, 1.54) is 25.7 Å². The second-order valence-electron chi connectivity index (χ2n) is 4.37. The summed E-state index contributed by atoms with van der Waals surface area (Å²) in [7, 11) is 0. The van der Waals surface area contributed by atoms with Gasteiger partial charge in [0.15, 0.2) is 0 Å². The van der Waals surface area contributed by atoms with Crippen LogP contribution in [0, 0.1) is 0 Å². The maximum atomic E-state index is 9.48. The number of hydrogen-bond acceptors (Lipinski definition) is 2. The van der Waals surface area contributed by atoms with E-state index in [0.717, 1.165) is 12.8 Å². The van der Waals surface area contributed by atoms with Crippen molar-refractivity contribution in [2.75, 3.05) is 0 Å². The van der Waals surface area contributed by atoms with Gasteiger partial charge in [-0.15, -0.1) is 0 Å².